The molecule has 0 saturated carbocycles. The molecule has 4 rings (SSSR count). The summed E-state index contributed by atoms with van der Waals surface area (Å²) in [5.41, 5.74) is 3.92. The maximum absolute atomic E-state index is 13.3. The fraction of sp³-hybridized carbons (Fsp3) is 0.174. The number of pyridine rings is 1. The van der Waals surface area contributed by atoms with E-state index in [-0.39, 0.29) is 22.3 Å². The second-order valence-corrected chi connectivity index (χ2v) is 7.77. The van der Waals surface area contributed by atoms with Crippen molar-refractivity contribution >= 4 is 34.2 Å². The summed E-state index contributed by atoms with van der Waals surface area (Å²) < 4.78 is 14.8. The van der Waals surface area contributed by atoms with Gasteiger partial charge in [0.1, 0.15) is 5.82 Å². The van der Waals surface area contributed by atoms with Crippen molar-refractivity contribution in [1.82, 2.24) is 14.8 Å². The van der Waals surface area contributed by atoms with Gasteiger partial charge in [0, 0.05) is 11.9 Å². The molecule has 7 heteroatoms. The lowest BCUT2D eigenvalue weighted by molar-refractivity contribution is 0.102. The number of aryl methyl sites for hydroxylation is 1. The van der Waals surface area contributed by atoms with E-state index in [0.29, 0.717) is 34.0 Å². The molecule has 0 aliphatic heterocycles. The number of carbonyl (C=O) groups is 1. The molecule has 4 aromatic rings. The summed E-state index contributed by atoms with van der Waals surface area (Å²) in [7, 11) is 0. The molecular formula is C23H20ClFN4O. The predicted octanol–water partition coefficient (Wildman–Crippen LogP) is 5.90. The zero-order chi connectivity index (χ0) is 21.4. The van der Waals surface area contributed by atoms with Crippen LogP contribution in [0.25, 0.3) is 16.7 Å². The van der Waals surface area contributed by atoms with E-state index in [4.69, 9.17) is 11.6 Å². The van der Waals surface area contributed by atoms with Crippen molar-refractivity contribution < 1.29 is 9.18 Å². The van der Waals surface area contributed by atoms with E-state index >= 15 is 0 Å². The third kappa shape index (κ3) is 3.66. The molecule has 2 aromatic carbocycles. The lowest BCUT2D eigenvalue weighted by atomic mass is 10.0. The van der Waals surface area contributed by atoms with E-state index < -0.39 is 0 Å². The third-order valence-electron chi connectivity index (χ3n) is 4.96. The molecular weight excluding hydrogens is 403 g/mol. The van der Waals surface area contributed by atoms with Crippen LogP contribution < -0.4 is 5.32 Å². The van der Waals surface area contributed by atoms with Gasteiger partial charge in [-0.05, 0) is 54.8 Å². The fourth-order valence-electron chi connectivity index (χ4n) is 3.28. The zero-order valence-corrected chi connectivity index (χ0v) is 17.5. The van der Waals surface area contributed by atoms with E-state index in [0.717, 1.165) is 0 Å². The van der Waals surface area contributed by atoms with Gasteiger partial charge in [0.05, 0.1) is 27.4 Å². The Labute approximate surface area is 178 Å². The van der Waals surface area contributed by atoms with E-state index in [2.05, 4.69) is 29.2 Å². The Morgan fingerprint density at radius 2 is 1.77 bits per heavy atom. The van der Waals surface area contributed by atoms with Gasteiger partial charge in [0.25, 0.3) is 5.91 Å². The number of carbonyl (C=O) groups excluding carboxylic acids is 1. The maximum Gasteiger partial charge on any atom is 0.258 e. The quantitative estimate of drug-likeness (QED) is 0.445. The zero-order valence-electron chi connectivity index (χ0n) is 16.8. The number of aromatic nitrogens is 3. The standard InChI is InChI=1S/C23H20ClFN4O/c1-13(2)15-4-8-17(9-5-15)27-23(30)19-12-26-22-20(21(19)24)14(3)28-29(22)18-10-6-16(25)7-11-18/h4-13H,1-3H3,(H,27,30). The van der Waals surface area contributed by atoms with Gasteiger partial charge in [-0.3, -0.25) is 4.79 Å². The molecule has 30 heavy (non-hydrogen) atoms. The van der Waals surface area contributed by atoms with Gasteiger partial charge in [0.15, 0.2) is 5.65 Å². The van der Waals surface area contributed by atoms with E-state index in [1.807, 2.05) is 24.3 Å². The molecule has 0 aliphatic carbocycles. The Morgan fingerprint density at radius 3 is 2.40 bits per heavy atom. The van der Waals surface area contributed by atoms with Crippen LogP contribution in [0.4, 0.5) is 10.1 Å². The highest BCUT2D eigenvalue weighted by Gasteiger charge is 2.20. The van der Waals surface area contributed by atoms with E-state index in [1.165, 1.54) is 23.9 Å². The molecule has 2 heterocycles. The number of rotatable bonds is 4. The van der Waals surface area contributed by atoms with Crippen LogP contribution in [0.1, 0.15) is 41.4 Å². The molecule has 1 N–H and O–H groups in total. The number of hydrogen-bond donors (Lipinski definition) is 1. The molecule has 1 amide bonds. The highest BCUT2D eigenvalue weighted by molar-refractivity contribution is 6.39. The number of halogens is 2. The van der Waals surface area contributed by atoms with Crippen molar-refractivity contribution in [2.45, 2.75) is 26.7 Å². The second kappa shape index (κ2) is 7.88. The fourth-order valence-corrected chi connectivity index (χ4v) is 3.63. The summed E-state index contributed by atoms with van der Waals surface area (Å²) in [4.78, 5) is 17.2. The summed E-state index contributed by atoms with van der Waals surface area (Å²) >= 11 is 6.59. The highest BCUT2D eigenvalue weighted by Crippen LogP contribution is 2.30. The molecule has 0 bridgehead atoms. The Bertz CT molecular complexity index is 1230. The average Bonchev–Trinajstić information content (AvgIpc) is 3.06. The molecule has 0 aliphatic rings. The monoisotopic (exact) mass is 422 g/mol. The Morgan fingerprint density at radius 1 is 1.10 bits per heavy atom. The van der Waals surface area contributed by atoms with Gasteiger partial charge in [-0.2, -0.15) is 5.10 Å². The molecule has 0 radical (unpaired) electrons. The number of anilines is 1. The van der Waals surface area contributed by atoms with Crippen LogP contribution in [0.5, 0.6) is 0 Å². The number of hydrogen-bond acceptors (Lipinski definition) is 3. The summed E-state index contributed by atoms with van der Waals surface area (Å²) in [5.74, 6) is -0.268. The number of benzene rings is 2. The van der Waals surface area contributed by atoms with Crippen molar-refractivity contribution in [2.24, 2.45) is 0 Å². The summed E-state index contributed by atoms with van der Waals surface area (Å²) in [6.45, 7) is 6.02. The first-order valence-electron chi connectivity index (χ1n) is 9.56. The van der Waals surface area contributed by atoms with Crippen LogP contribution in [0.15, 0.2) is 54.7 Å². The molecule has 0 unspecified atom stereocenters. The first-order valence-corrected chi connectivity index (χ1v) is 9.94. The normalized spacial score (nSPS) is 11.3. The number of amides is 1. The summed E-state index contributed by atoms with van der Waals surface area (Å²) in [6.07, 6.45) is 1.43. The lowest BCUT2D eigenvalue weighted by Gasteiger charge is -2.10. The molecule has 0 spiro atoms. The van der Waals surface area contributed by atoms with Crippen LogP contribution >= 0.6 is 11.6 Å². The lowest BCUT2D eigenvalue weighted by Crippen LogP contribution is -2.13. The molecule has 0 saturated heterocycles. The Kier molecular flexibility index (Phi) is 5.26. The van der Waals surface area contributed by atoms with Gasteiger partial charge in [-0.1, -0.05) is 37.6 Å². The van der Waals surface area contributed by atoms with Crippen molar-refractivity contribution in [3.63, 3.8) is 0 Å². The minimum atomic E-state index is -0.347. The maximum atomic E-state index is 13.3. The first kappa shape index (κ1) is 20.0. The third-order valence-corrected chi connectivity index (χ3v) is 5.35. The number of nitrogens with zero attached hydrogens (tertiary/aromatic N) is 3. The summed E-state index contributed by atoms with van der Waals surface area (Å²) in [5, 5.41) is 8.21. The topological polar surface area (TPSA) is 59.8 Å². The Balaban J connectivity index is 1.68. The van der Waals surface area contributed by atoms with Gasteiger partial charge < -0.3 is 5.32 Å². The number of fused-ring (bicyclic) bond motifs is 1. The molecule has 0 fully saturated rings. The van der Waals surface area contributed by atoms with Crippen LogP contribution in [0, 0.1) is 12.7 Å². The van der Waals surface area contributed by atoms with Crippen molar-refractivity contribution in [2.75, 3.05) is 5.32 Å². The van der Waals surface area contributed by atoms with E-state index in [9.17, 15) is 9.18 Å². The summed E-state index contributed by atoms with van der Waals surface area (Å²) in [6, 6.07) is 13.6. The van der Waals surface area contributed by atoms with Crippen molar-refractivity contribution in [3.8, 4) is 5.69 Å². The van der Waals surface area contributed by atoms with Crippen molar-refractivity contribution in [3.05, 3.63) is 82.4 Å². The van der Waals surface area contributed by atoms with Crippen LogP contribution in [-0.4, -0.2) is 20.7 Å². The molecule has 5 nitrogen and oxygen atoms in total. The molecule has 0 atom stereocenters. The highest BCUT2D eigenvalue weighted by atomic mass is 35.5. The molecule has 152 valence electrons. The minimum absolute atomic E-state index is 0.263. The molecule has 2 aromatic heterocycles. The average molecular weight is 423 g/mol. The van der Waals surface area contributed by atoms with Crippen molar-refractivity contribution in [1.29, 1.82) is 0 Å². The second-order valence-electron chi connectivity index (χ2n) is 7.39. The number of nitrogens with one attached hydrogen (secondary N) is 1. The van der Waals surface area contributed by atoms with Crippen LogP contribution in [0.3, 0.4) is 0 Å². The van der Waals surface area contributed by atoms with Gasteiger partial charge in [0.2, 0.25) is 0 Å². The van der Waals surface area contributed by atoms with Gasteiger partial charge in [-0.25, -0.2) is 14.1 Å². The van der Waals surface area contributed by atoms with Gasteiger partial charge in [-0.15, -0.1) is 0 Å². The van der Waals surface area contributed by atoms with Crippen LogP contribution in [-0.2, 0) is 0 Å². The Hall–Kier alpha value is -3.25. The smallest absolute Gasteiger partial charge is 0.258 e. The minimum Gasteiger partial charge on any atom is -0.322 e. The first-order chi connectivity index (χ1) is 14.3. The van der Waals surface area contributed by atoms with E-state index in [1.54, 1.807) is 23.7 Å². The predicted molar refractivity (Wildman–Crippen MR) is 117 cm³/mol. The largest absolute Gasteiger partial charge is 0.322 e. The van der Waals surface area contributed by atoms with Crippen LogP contribution in [0.2, 0.25) is 5.02 Å². The van der Waals surface area contributed by atoms with Gasteiger partial charge >= 0.3 is 0 Å². The SMILES string of the molecule is Cc1nn(-c2ccc(F)cc2)c2ncc(C(=O)Nc3ccc(C(C)C)cc3)c(Cl)c12.